The molecule has 0 unspecified atom stereocenters. The van der Waals surface area contributed by atoms with Crippen molar-refractivity contribution >= 4 is 17.2 Å². The lowest BCUT2D eigenvalue weighted by Crippen LogP contribution is -2.22. The quantitative estimate of drug-likeness (QED) is 0.634. The van der Waals surface area contributed by atoms with E-state index >= 15 is 0 Å². The first-order valence-corrected chi connectivity index (χ1v) is 6.39. The van der Waals surface area contributed by atoms with E-state index in [-0.39, 0.29) is 5.78 Å². The highest BCUT2D eigenvalue weighted by molar-refractivity contribution is 5.99. The lowest BCUT2D eigenvalue weighted by molar-refractivity contribution is 0.0699. The molecule has 0 atom stereocenters. The van der Waals surface area contributed by atoms with Crippen LogP contribution >= 0.6 is 0 Å². The molecule has 1 saturated heterocycles. The number of Topliss-reactive ketones (excluding diaryl/α,β-unsaturated/α-hetero) is 1. The molecule has 2 rings (SSSR count). The summed E-state index contributed by atoms with van der Waals surface area (Å²) in [7, 11) is 0. The summed E-state index contributed by atoms with van der Waals surface area (Å²) >= 11 is 0. The third kappa shape index (κ3) is 3.23. The standard InChI is InChI=1S/C14H20N2O2/c1-10(17)13-8-12(2-3-14(13)15)16-9-11-4-6-18-7-5-11/h2-3,8,11,16H,4-7,9,15H2,1H3. The second kappa shape index (κ2) is 5.87. The van der Waals surface area contributed by atoms with E-state index in [1.807, 2.05) is 12.1 Å². The normalized spacial score (nSPS) is 16.5. The van der Waals surface area contributed by atoms with Gasteiger partial charge in [-0.1, -0.05) is 0 Å². The summed E-state index contributed by atoms with van der Waals surface area (Å²) in [6.07, 6.45) is 2.20. The molecule has 1 aliphatic rings. The molecular weight excluding hydrogens is 228 g/mol. The molecule has 0 aliphatic carbocycles. The molecule has 0 radical (unpaired) electrons. The van der Waals surface area contributed by atoms with Crippen molar-refractivity contribution in [3.8, 4) is 0 Å². The van der Waals surface area contributed by atoms with E-state index in [1.165, 1.54) is 6.92 Å². The SMILES string of the molecule is CC(=O)c1cc(NCC2CCOCC2)ccc1N. The molecule has 0 saturated carbocycles. The number of ether oxygens (including phenoxy) is 1. The highest BCUT2D eigenvalue weighted by atomic mass is 16.5. The third-order valence-corrected chi connectivity index (χ3v) is 3.37. The molecule has 0 bridgehead atoms. The van der Waals surface area contributed by atoms with E-state index in [0.29, 0.717) is 17.2 Å². The molecule has 4 nitrogen and oxygen atoms in total. The van der Waals surface area contributed by atoms with Gasteiger partial charge in [-0.05, 0) is 43.9 Å². The smallest absolute Gasteiger partial charge is 0.161 e. The first-order valence-electron chi connectivity index (χ1n) is 6.39. The highest BCUT2D eigenvalue weighted by Gasteiger charge is 2.13. The Labute approximate surface area is 108 Å². The fourth-order valence-electron chi connectivity index (χ4n) is 2.18. The molecule has 18 heavy (non-hydrogen) atoms. The number of anilines is 2. The fourth-order valence-corrected chi connectivity index (χ4v) is 2.18. The number of rotatable bonds is 4. The third-order valence-electron chi connectivity index (χ3n) is 3.37. The summed E-state index contributed by atoms with van der Waals surface area (Å²) in [6, 6.07) is 5.53. The number of hydrogen-bond acceptors (Lipinski definition) is 4. The Kier molecular flexibility index (Phi) is 4.20. The van der Waals surface area contributed by atoms with Crippen LogP contribution < -0.4 is 11.1 Å². The van der Waals surface area contributed by atoms with Gasteiger partial charge in [0.1, 0.15) is 0 Å². The van der Waals surface area contributed by atoms with E-state index in [4.69, 9.17) is 10.5 Å². The molecular formula is C14H20N2O2. The van der Waals surface area contributed by atoms with Gasteiger partial charge in [-0.15, -0.1) is 0 Å². The zero-order valence-corrected chi connectivity index (χ0v) is 10.7. The predicted octanol–water partition coefficient (Wildman–Crippen LogP) is 2.31. The van der Waals surface area contributed by atoms with Gasteiger partial charge in [0, 0.05) is 36.7 Å². The van der Waals surface area contributed by atoms with Crippen LogP contribution in [0.1, 0.15) is 30.1 Å². The van der Waals surface area contributed by atoms with Gasteiger partial charge in [0.25, 0.3) is 0 Å². The summed E-state index contributed by atoms with van der Waals surface area (Å²) in [5.41, 5.74) is 7.85. The average molecular weight is 248 g/mol. The van der Waals surface area contributed by atoms with Crippen LogP contribution in [0.5, 0.6) is 0 Å². The minimum absolute atomic E-state index is 0.00205. The van der Waals surface area contributed by atoms with Crippen LogP contribution in [0, 0.1) is 5.92 Å². The van der Waals surface area contributed by atoms with Gasteiger partial charge in [-0.25, -0.2) is 0 Å². The van der Waals surface area contributed by atoms with Crippen LogP contribution in [0.4, 0.5) is 11.4 Å². The van der Waals surface area contributed by atoms with E-state index in [2.05, 4.69) is 5.32 Å². The van der Waals surface area contributed by atoms with Crippen LogP contribution in [0.25, 0.3) is 0 Å². The summed E-state index contributed by atoms with van der Waals surface area (Å²) in [6.45, 7) is 4.16. The van der Waals surface area contributed by atoms with Crippen molar-refractivity contribution in [2.75, 3.05) is 30.8 Å². The van der Waals surface area contributed by atoms with Gasteiger partial charge < -0.3 is 15.8 Å². The number of ketones is 1. The summed E-state index contributed by atoms with van der Waals surface area (Å²) in [5, 5.41) is 3.37. The van der Waals surface area contributed by atoms with Crippen LogP contribution in [0.15, 0.2) is 18.2 Å². The molecule has 98 valence electrons. The Morgan fingerprint density at radius 2 is 2.17 bits per heavy atom. The topological polar surface area (TPSA) is 64.3 Å². The van der Waals surface area contributed by atoms with Crippen molar-refractivity contribution in [2.45, 2.75) is 19.8 Å². The Balaban J connectivity index is 1.96. The molecule has 1 aromatic rings. The molecule has 4 heteroatoms. The average Bonchev–Trinajstić information content (AvgIpc) is 2.38. The van der Waals surface area contributed by atoms with Crippen LogP contribution in [-0.4, -0.2) is 25.5 Å². The second-order valence-electron chi connectivity index (χ2n) is 4.79. The van der Waals surface area contributed by atoms with Gasteiger partial charge in [0.2, 0.25) is 0 Å². The molecule has 1 aliphatic heterocycles. The lowest BCUT2D eigenvalue weighted by Gasteiger charge is -2.22. The maximum atomic E-state index is 11.4. The predicted molar refractivity (Wildman–Crippen MR) is 72.9 cm³/mol. The molecule has 3 N–H and O–H groups in total. The molecule has 0 spiro atoms. The summed E-state index contributed by atoms with van der Waals surface area (Å²) in [5.74, 6) is 0.652. The molecule has 0 amide bonds. The van der Waals surface area contributed by atoms with Gasteiger partial charge in [-0.2, -0.15) is 0 Å². The molecule has 1 aromatic carbocycles. The van der Waals surface area contributed by atoms with Gasteiger partial charge in [0.05, 0.1) is 0 Å². The first-order chi connectivity index (χ1) is 8.66. The minimum atomic E-state index is 0.00205. The number of benzene rings is 1. The Morgan fingerprint density at radius 1 is 1.44 bits per heavy atom. The summed E-state index contributed by atoms with van der Waals surface area (Å²) < 4.78 is 5.33. The number of carbonyl (C=O) groups excluding carboxylic acids is 1. The largest absolute Gasteiger partial charge is 0.398 e. The molecule has 1 heterocycles. The van der Waals surface area contributed by atoms with Crippen molar-refractivity contribution in [3.05, 3.63) is 23.8 Å². The number of carbonyl (C=O) groups is 1. The van der Waals surface area contributed by atoms with E-state index in [0.717, 1.165) is 38.3 Å². The van der Waals surface area contributed by atoms with Crippen molar-refractivity contribution in [1.82, 2.24) is 0 Å². The Hall–Kier alpha value is -1.55. The number of nitrogen functional groups attached to an aromatic ring is 1. The monoisotopic (exact) mass is 248 g/mol. The first kappa shape index (κ1) is 12.9. The zero-order valence-electron chi connectivity index (χ0n) is 10.7. The van der Waals surface area contributed by atoms with Gasteiger partial charge in [-0.3, -0.25) is 4.79 Å². The zero-order chi connectivity index (χ0) is 13.0. The van der Waals surface area contributed by atoms with Crippen LogP contribution in [0.2, 0.25) is 0 Å². The number of hydrogen-bond donors (Lipinski definition) is 2. The van der Waals surface area contributed by atoms with Gasteiger partial charge in [0.15, 0.2) is 5.78 Å². The number of nitrogens with one attached hydrogen (secondary N) is 1. The maximum Gasteiger partial charge on any atom is 0.161 e. The molecule has 1 fully saturated rings. The number of nitrogens with two attached hydrogens (primary N) is 1. The minimum Gasteiger partial charge on any atom is -0.398 e. The maximum absolute atomic E-state index is 11.4. The molecule has 0 aromatic heterocycles. The van der Waals surface area contributed by atoms with Crippen molar-refractivity contribution < 1.29 is 9.53 Å². The van der Waals surface area contributed by atoms with Gasteiger partial charge >= 0.3 is 0 Å². The fraction of sp³-hybridized carbons (Fsp3) is 0.500. The highest BCUT2D eigenvalue weighted by Crippen LogP contribution is 2.20. The van der Waals surface area contributed by atoms with E-state index < -0.39 is 0 Å². The Morgan fingerprint density at radius 3 is 2.83 bits per heavy atom. The lowest BCUT2D eigenvalue weighted by atomic mass is 10.00. The second-order valence-corrected chi connectivity index (χ2v) is 4.79. The van der Waals surface area contributed by atoms with E-state index in [9.17, 15) is 4.79 Å². The van der Waals surface area contributed by atoms with Crippen LogP contribution in [0.3, 0.4) is 0 Å². The van der Waals surface area contributed by atoms with Crippen molar-refractivity contribution in [3.63, 3.8) is 0 Å². The Bertz CT molecular complexity index is 426. The summed E-state index contributed by atoms with van der Waals surface area (Å²) in [4.78, 5) is 11.4. The van der Waals surface area contributed by atoms with Crippen LogP contribution in [-0.2, 0) is 4.74 Å². The van der Waals surface area contributed by atoms with Crippen molar-refractivity contribution in [1.29, 1.82) is 0 Å². The van der Waals surface area contributed by atoms with E-state index in [1.54, 1.807) is 6.07 Å². The van der Waals surface area contributed by atoms with Crippen molar-refractivity contribution in [2.24, 2.45) is 5.92 Å².